The van der Waals surface area contributed by atoms with E-state index in [1.165, 1.54) is 6.07 Å². The molecule has 0 atom stereocenters. The van der Waals surface area contributed by atoms with Crippen LogP contribution in [0.15, 0.2) is 18.2 Å². The number of nitrogens with zero attached hydrogens (tertiary/aromatic N) is 1. The van der Waals surface area contributed by atoms with Gasteiger partial charge in [-0.25, -0.2) is 8.78 Å². The highest BCUT2D eigenvalue weighted by Crippen LogP contribution is 2.14. The number of piperidine rings is 1. The number of amides is 1. The quantitative estimate of drug-likeness (QED) is 0.848. The summed E-state index contributed by atoms with van der Waals surface area (Å²) in [5, 5.41) is 3.19. The zero-order chi connectivity index (χ0) is 16.1. The number of hydrogen-bond acceptors (Lipinski definition) is 3. The SMILES string of the molecule is CNC1CCN(C(=O)CCC(=O)c2ccc(F)c(F)c2)CC1. The van der Waals surface area contributed by atoms with Gasteiger partial charge in [0.15, 0.2) is 17.4 Å². The highest BCUT2D eigenvalue weighted by molar-refractivity contribution is 5.97. The molecule has 0 spiro atoms. The molecule has 1 fully saturated rings. The summed E-state index contributed by atoms with van der Waals surface area (Å²) in [6.07, 6.45) is 1.91. The third kappa shape index (κ3) is 4.10. The van der Waals surface area contributed by atoms with Crippen LogP contribution in [0.5, 0.6) is 0 Å². The number of nitrogens with one attached hydrogen (secondary N) is 1. The standard InChI is InChI=1S/C16H20F2N2O2/c1-19-12-6-8-20(9-7-12)16(22)5-4-15(21)11-2-3-13(17)14(18)10-11/h2-3,10,12,19H,4-9H2,1H3. The molecule has 1 aromatic rings. The van der Waals surface area contributed by atoms with Gasteiger partial charge in [0.25, 0.3) is 0 Å². The average Bonchev–Trinajstić information content (AvgIpc) is 2.54. The number of benzene rings is 1. The predicted molar refractivity (Wildman–Crippen MR) is 78.6 cm³/mol. The van der Waals surface area contributed by atoms with Gasteiger partial charge >= 0.3 is 0 Å². The Kier molecular flexibility index (Phi) is 5.60. The number of likely N-dealkylation sites (tertiary alicyclic amines) is 1. The molecule has 1 amide bonds. The fourth-order valence-corrected chi connectivity index (χ4v) is 2.61. The molecule has 1 aliphatic heterocycles. The van der Waals surface area contributed by atoms with E-state index in [9.17, 15) is 18.4 Å². The Balaban J connectivity index is 1.83. The predicted octanol–water partition coefficient (Wildman–Crippen LogP) is 2.14. The van der Waals surface area contributed by atoms with Crippen LogP contribution in [0.25, 0.3) is 0 Å². The van der Waals surface area contributed by atoms with Crippen LogP contribution in [0.1, 0.15) is 36.0 Å². The topological polar surface area (TPSA) is 49.4 Å². The Bertz CT molecular complexity index is 555. The van der Waals surface area contributed by atoms with Crippen molar-refractivity contribution in [1.82, 2.24) is 10.2 Å². The van der Waals surface area contributed by atoms with Crippen LogP contribution in [0.4, 0.5) is 8.78 Å². The molecule has 1 N–H and O–H groups in total. The summed E-state index contributed by atoms with van der Waals surface area (Å²) in [6, 6.07) is 3.48. The van der Waals surface area contributed by atoms with Gasteiger partial charge in [0.05, 0.1) is 0 Å². The molecular formula is C16H20F2N2O2. The van der Waals surface area contributed by atoms with E-state index in [0.29, 0.717) is 19.1 Å². The minimum absolute atomic E-state index is 0.00978. The van der Waals surface area contributed by atoms with E-state index in [1.807, 2.05) is 7.05 Å². The number of halogens is 2. The smallest absolute Gasteiger partial charge is 0.223 e. The number of rotatable bonds is 5. The van der Waals surface area contributed by atoms with E-state index in [2.05, 4.69) is 5.32 Å². The Hall–Kier alpha value is -1.82. The van der Waals surface area contributed by atoms with Gasteiger partial charge in [-0.15, -0.1) is 0 Å². The molecule has 0 aromatic heterocycles. The molecule has 1 aromatic carbocycles. The van der Waals surface area contributed by atoms with Crippen LogP contribution in [0.3, 0.4) is 0 Å². The number of ketones is 1. The van der Waals surface area contributed by atoms with Crippen LogP contribution in [-0.2, 0) is 4.79 Å². The van der Waals surface area contributed by atoms with E-state index in [4.69, 9.17) is 0 Å². The fourth-order valence-electron chi connectivity index (χ4n) is 2.61. The molecule has 120 valence electrons. The third-order valence-corrected chi connectivity index (χ3v) is 4.06. The van der Waals surface area contributed by atoms with Gasteiger partial charge in [-0.3, -0.25) is 9.59 Å². The van der Waals surface area contributed by atoms with Crippen LogP contribution >= 0.6 is 0 Å². The maximum absolute atomic E-state index is 13.1. The molecule has 0 aliphatic carbocycles. The summed E-state index contributed by atoms with van der Waals surface area (Å²) < 4.78 is 25.9. The van der Waals surface area contributed by atoms with Crippen LogP contribution < -0.4 is 5.32 Å². The molecule has 0 bridgehead atoms. The third-order valence-electron chi connectivity index (χ3n) is 4.06. The Morgan fingerprint density at radius 3 is 2.45 bits per heavy atom. The van der Waals surface area contributed by atoms with Gasteiger partial charge in [-0.05, 0) is 38.1 Å². The van der Waals surface area contributed by atoms with Crippen LogP contribution in [0, 0.1) is 11.6 Å². The molecule has 1 heterocycles. The molecule has 2 rings (SSSR count). The molecule has 1 aliphatic rings. The van der Waals surface area contributed by atoms with E-state index in [0.717, 1.165) is 25.0 Å². The second-order valence-corrected chi connectivity index (χ2v) is 5.50. The lowest BCUT2D eigenvalue weighted by molar-refractivity contribution is -0.132. The lowest BCUT2D eigenvalue weighted by Crippen LogP contribution is -2.44. The lowest BCUT2D eigenvalue weighted by Gasteiger charge is -2.31. The lowest BCUT2D eigenvalue weighted by atomic mass is 10.0. The number of carbonyl (C=O) groups excluding carboxylic acids is 2. The van der Waals surface area contributed by atoms with Crippen molar-refractivity contribution in [3.63, 3.8) is 0 Å². The highest BCUT2D eigenvalue weighted by atomic mass is 19.2. The van der Waals surface area contributed by atoms with Gasteiger partial charge in [0, 0.05) is 37.5 Å². The van der Waals surface area contributed by atoms with Gasteiger partial charge < -0.3 is 10.2 Å². The summed E-state index contributed by atoms with van der Waals surface area (Å²) in [7, 11) is 1.91. The molecule has 6 heteroatoms. The second-order valence-electron chi connectivity index (χ2n) is 5.50. The summed E-state index contributed by atoms with van der Waals surface area (Å²) in [5.41, 5.74) is 0.0978. The van der Waals surface area contributed by atoms with E-state index < -0.39 is 11.6 Å². The summed E-state index contributed by atoms with van der Waals surface area (Å²) >= 11 is 0. The van der Waals surface area contributed by atoms with Crippen molar-refractivity contribution in [1.29, 1.82) is 0 Å². The number of Topliss-reactive ketones (excluding diaryl/α,β-unsaturated/α-hetero) is 1. The first-order valence-corrected chi connectivity index (χ1v) is 7.44. The van der Waals surface area contributed by atoms with Crippen LogP contribution in [0.2, 0.25) is 0 Å². The zero-order valence-corrected chi connectivity index (χ0v) is 12.6. The number of carbonyl (C=O) groups is 2. The molecule has 0 saturated carbocycles. The molecule has 22 heavy (non-hydrogen) atoms. The minimum atomic E-state index is -1.05. The highest BCUT2D eigenvalue weighted by Gasteiger charge is 2.22. The average molecular weight is 310 g/mol. The van der Waals surface area contributed by atoms with Gasteiger partial charge in [0.2, 0.25) is 5.91 Å². The van der Waals surface area contributed by atoms with Crippen molar-refractivity contribution in [2.45, 2.75) is 31.7 Å². The molecular weight excluding hydrogens is 290 g/mol. The maximum atomic E-state index is 13.1. The first-order chi connectivity index (χ1) is 10.5. The monoisotopic (exact) mass is 310 g/mol. The van der Waals surface area contributed by atoms with Gasteiger partial charge in [0.1, 0.15) is 0 Å². The Morgan fingerprint density at radius 2 is 1.86 bits per heavy atom. The van der Waals surface area contributed by atoms with Crippen molar-refractivity contribution in [2.75, 3.05) is 20.1 Å². The van der Waals surface area contributed by atoms with Crippen molar-refractivity contribution >= 4 is 11.7 Å². The van der Waals surface area contributed by atoms with Crippen molar-refractivity contribution in [3.8, 4) is 0 Å². The summed E-state index contributed by atoms with van der Waals surface area (Å²) in [5.74, 6) is -2.45. The van der Waals surface area contributed by atoms with Crippen molar-refractivity contribution < 1.29 is 18.4 Å². The van der Waals surface area contributed by atoms with Gasteiger partial charge in [-0.2, -0.15) is 0 Å². The van der Waals surface area contributed by atoms with Crippen molar-refractivity contribution in [2.24, 2.45) is 0 Å². The second kappa shape index (κ2) is 7.45. The first-order valence-electron chi connectivity index (χ1n) is 7.44. The molecule has 1 saturated heterocycles. The fraction of sp³-hybridized carbons (Fsp3) is 0.500. The van der Waals surface area contributed by atoms with Gasteiger partial charge in [-0.1, -0.05) is 0 Å². The summed E-state index contributed by atoms with van der Waals surface area (Å²) in [6.45, 7) is 1.37. The summed E-state index contributed by atoms with van der Waals surface area (Å²) in [4.78, 5) is 25.7. The van der Waals surface area contributed by atoms with Crippen molar-refractivity contribution in [3.05, 3.63) is 35.4 Å². The maximum Gasteiger partial charge on any atom is 0.223 e. The molecule has 0 radical (unpaired) electrons. The van der Waals surface area contributed by atoms with E-state index in [1.54, 1.807) is 4.90 Å². The minimum Gasteiger partial charge on any atom is -0.343 e. The van der Waals surface area contributed by atoms with E-state index >= 15 is 0 Å². The zero-order valence-electron chi connectivity index (χ0n) is 12.6. The largest absolute Gasteiger partial charge is 0.343 e. The van der Waals surface area contributed by atoms with Crippen LogP contribution in [-0.4, -0.2) is 42.8 Å². The Labute approximate surface area is 128 Å². The normalized spacial score (nSPS) is 15.9. The number of hydrogen-bond donors (Lipinski definition) is 1. The Morgan fingerprint density at radius 1 is 1.18 bits per heavy atom. The first kappa shape index (κ1) is 16.5. The molecule has 4 nitrogen and oxygen atoms in total. The molecule has 0 unspecified atom stereocenters. The van der Waals surface area contributed by atoms with E-state index in [-0.39, 0.29) is 30.1 Å².